The van der Waals surface area contributed by atoms with Crippen LogP contribution >= 0.6 is 11.3 Å². The molecule has 0 bridgehead atoms. The monoisotopic (exact) mass is 194 g/mol. The van der Waals surface area contributed by atoms with Gasteiger partial charge in [-0.05, 0) is 6.42 Å². The Balaban J connectivity index is 2.25. The highest BCUT2D eigenvalue weighted by molar-refractivity contribution is 7.09. The van der Waals surface area contributed by atoms with Gasteiger partial charge in [-0.15, -0.1) is 23.7 Å². The van der Waals surface area contributed by atoms with Gasteiger partial charge in [-0.3, -0.25) is 0 Å². The maximum Gasteiger partial charge on any atom is 0.0926 e. The van der Waals surface area contributed by atoms with Gasteiger partial charge in [0.15, 0.2) is 0 Å². The number of terminal acetylenes is 1. The molecule has 0 saturated heterocycles. The van der Waals surface area contributed by atoms with Crippen molar-refractivity contribution in [1.82, 2.24) is 10.3 Å². The van der Waals surface area contributed by atoms with Crippen LogP contribution in [0.1, 0.15) is 24.0 Å². The topological polar surface area (TPSA) is 24.9 Å². The molecule has 0 amide bonds. The molecule has 13 heavy (non-hydrogen) atoms. The summed E-state index contributed by atoms with van der Waals surface area (Å²) < 4.78 is 0. The third-order valence-corrected chi connectivity index (χ3v) is 2.70. The van der Waals surface area contributed by atoms with Crippen LogP contribution in [0.3, 0.4) is 0 Å². The lowest BCUT2D eigenvalue weighted by atomic mass is 10.4. The van der Waals surface area contributed by atoms with Crippen molar-refractivity contribution in [2.45, 2.75) is 26.3 Å². The van der Waals surface area contributed by atoms with Crippen LogP contribution in [-0.2, 0) is 13.0 Å². The molecule has 1 aromatic heterocycles. The predicted molar refractivity (Wildman–Crippen MR) is 56.6 cm³/mol. The number of hydrogen-bond acceptors (Lipinski definition) is 3. The minimum atomic E-state index is 0.783. The van der Waals surface area contributed by atoms with E-state index in [4.69, 9.17) is 6.42 Å². The summed E-state index contributed by atoms with van der Waals surface area (Å²) in [7, 11) is 0. The van der Waals surface area contributed by atoms with Crippen LogP contribution in [0, 0.1) is 12.3 Å². The number of nitrogens with zero attached hydrogens (tertiary/aromatic N) is 1. The molecule has 0 spiro atoms. The largest absolute Gasteiger partial charge is 0.310 e. The van der Waals surface area contributed by atoms with E-state index >= 15 is 0 Å². The summed E-state index contributed by atoms with van der Waals surface area (Å²) >= 11 is 1.72. The van der Waals surface area contributed by atoms with Crippen molar-refractivity contribution in [1.29, 1.82) is 0 Å². The van der Waals surface area contributed by atoms with E-state index in [1.807, 2.05) is 0 Å². The Morgan fingerprint density at radius 1 is 1.69 bits per heavy atom. The molecule has 0 unspecified atom stereocenters. The van der Waals surface area contributed by atoms with Crippen LogP contribution in [0.5, 0.6) is 0 Å². The Labute approximate surface area is 83.4 Å². The molecule has 0 fully saturated rings. The first kappa shape index (κ1) is 10.2. The zero-order valence-corrected chi connectivity index (χ0v) is 8.66. The number of hydrogen-bond donors (Lipinski definition) is 1. The summed E-state index contributed by atoms with van der Waals surface area (Å²) in [6.45, 7) is 3.82. The lowest BCUT2D eigenvalue weighted by Gasteiger charge is -1.97. The molecule has 0 aromatic carbocycles. The highest BCUT2D eigenvalue weighted by Gasteiger charge is 1.98. The zero-order chi connectivity index (χ0) is 9.52. The SMILES string of the molecule is C#CCCNCc1csc(CC)n1. The van der Waals surface area contributed by atoms with Gasteiger partial charge in [-0.2, -0.15) is 0 Å². The Hall–Kier alpha value is -0.850. The first-order valence-corrected chi connectivity index (χ1v) is 5.32. The fraction of sp³-hybridized carbons (Fsp3) is 0.500. The van der Waals surface area contributed by atoms with Gasteiger partial charge in [0.1, 0.15) is 0 Å². The average Bonchev–Trinajstić information content (AvgIpc) is 2.60. The molecule has 0 aliphatic heterocycles. The summed E-state index contributed by atoms with van der Waals surface area (Å²) in [6, 6.07) is 0. The smallest absolute Gasteiger partial charge is 0.0926 e. The number of nitrogens with one attached hydrogen (secondary N) is 1. The van der Waals surface area contributed by atoms with E-state index in [9.17, 15) is 0 Å². The number of aromatic nitrogens is 1. The molecule has 1 N–H and O–H groups in total. The number of thiazole rings is 1. The van der Waals surface area contributed by atoms with Gasteiger partial charge in [0.05, 0.1) is 10.7 Å². The summed E-state index contributed by atoms with van der Waals surface area (Å²) in [4.78, 5) is 4.43. The predicted octanol–water partition coefficient (Wildman–Crippen LogP) is 1.82. The second-order valence-electron chi connectivity index (χ2n) is 2.72. The fourth-order valence-electron chi connectivity index (χ4n) is 0.970. The quantitative estimate of drug-likeness (QED) is 0.571. The van der Waals surface area contributed by atoms with Crippen molar-refractivity contribution >= 4 is 11.3 Å². The lowest BCUT2D eigenvalue weighted by molar-refractivity contribution is 0.689. The summed E-state index contributed by atoms with van der Waals surface area (Å²) in [5.41, 5.74) is 1.12. The maximum atomic E-state index is 5.13. The van der Waals surface area contributed by atoms with Gasteiger partial charge in [0, 0.05) is 24.9 Å². The highest BCUT2D eigenvalue weighted by atomic mass is 32.1. The average molecular weight is 194 g/mol. The Morgan fingerprint density at radius 3 is 3.15 bits per heavy atom. The Morgan fingerprint density at radius 2 is 2.54 bits per heavy atom. The van der Waals surface area contributed by atoms with Gasteiger partial charge in [0.25, 0.3) is 0 Å². The van der Waals surface area contributed by atoms with Crippen molar-refractivity contribution < 1.29 is 0 Å². The molecule has 3 heteroatoms. The number of aryl methyl sites for hydroxylation is 1. The molecular weight excluding hydrogens is 180 g/mol. The first-order valence-electron chi connectivity index (χ1n) is 4.44. The van der Waals surface area contributed by atoms with Crippen molar-refractivity contribution in [3.63, 3.8) is 0 Å². The molecule has 70 valence electrons. The molecule has 0 aliphatic carbocycles. The number of rotatable bonds is 5. The van der Waals surface area contributed by atoms with E-state index in [0.717, 1.165) is 31.6 Å². The summed E-state index contributed by atoms with van der Waals surface area (Å²) in [5.74, 6) is 2.59. The van der Waals surface area contributed by atoms with E-state index in [-0.39, 0.29) is 0 Å². The van der Waals surface area contributed by atoms with Crippen LogP contribution in [0.15, 0.2) is 5.38 Å². The van der Waals surface area contributed by atoms with Crippen molar-refractivity contribution in [3.8, 4) is 12.3 Å². The van der Waals surface area contributed by atoms with Crippen molar-refractivity contribution in [2.24, 2.45) is 0 Å². The van der Waals surface area contributed by atoms with Crippen molar-refractivity contribution in [2.75, 3.05) is 6.54 Å². The third kappa shape index (κ3) is 3.58. The first-order chi connectivity index (χ1) is 6.36. The van der Waals surface area contributed by atoms with E-state index in [2.05, 4.69) is 28.5 Å². The van der Waals surface area contributed by atoms with E-state index in [1.54, 1.807) is 11.3 Å². The second kappa shape index (κ2) is 5.74. The van der Waals surface area contributed by atoms with Crippen molar-refractivity contribution in [3.05, 3.63) is 16.1 Å². The molecule has 2 nitrogen and oxygen atoms in total. The van der Waals surface area contributed by atoms with Gasteiger partial charge in [-0.25, -0.2) is 4.98 Å². The molecule has 1 rings (SSSR count). The van der Waals surface area contributed by atoms with Gasteiger partial charge < -0.3 is 5.32 Å². The van der Waals surface area contributed by atoms with Gasteiger partial charge in [0.2, 0.25) is 0 Å². The summed E-state index contributed by atoms with van der Waals surface area (Å²) in [6.07, 6.45) is 6.94. The molecule has 0 atom stereocenters. The molecule has 1 heterocycles. The normalized spacial score (nSPS) is 9.85. The van der Waals surface area contributed by atoms with Crippen LogP contribution < -0.4 is 5.32 Å². The third-order valence-electron chi connectivity index (χ3n) is 1.65. The van der Waals surface area contributed by atoms with Crippen LogP contribution in [0.25, 0.3) is 0 Å². The minimum absolute atomic E-state index is 0.783. The highest BCUT2D eigenvalue weighted by Crippen LogP contribution is 2.09. The second-order valence-corrected chi connectivity index (χ2v) is 3.66. The Bertz CT molecular complexity index is 285. The van der Waals surface area contributed by atoms with Crippen LogP contribution in [0.4, 0.5) is 0 Å². The molecule has 0 saturated carbocycles. The molecular formula is C10H14N2S. The molecule has 0 aliphatic rings. The van der Waals surface area contributed by atoms with Crippen LogP contribution in [0.2, 0.25) is 0 Å². The lowest BCUT2D eigenvalue weighted by Crippen LogP contribution is -2.14. The zero-order valence-electron chi connectivity index (χ0n) is 7.84. The Kier molecular flexibility index (Phi) is 4.52. The van der Waals surface area contributed by atoms with E-state index in [0.29, 0.717) is 0 Å². The molecule has 1 aromatic rings. The fourth-order valence-corrected chi connectivity index (χ4v) is 1.71. The minimum Gasteiger partial charge on any atom is -0.310 e. The maximum absolute atomic E-state index is 5.13. The summed E-state index contributed by atoms with van der Waals surface area (Å²) in [5, 5.41) is 6.54. The standard InChI is InChI=1S/C10H14N2S/c1-3-5-6-11-7-9-8-13-10(4-2)12-9/h1,8,11H,4-7H2,2H3. The van der Waals surface area contributed by atoms with Gasteiger partial charge in [-0.1, -0.05) is 6.92 Å². The van der Waals surface area contributed by atoms with E-state index in [1.165, 1.54) is 5.01 Å². The van der Waals surface area contributed by atoms with E-state index < -0.39 is 0 Å². The van der Waals surface area contributed by atoms with Gasteiger partial charge >= 0.3 is 0 Å². The molecule has 0 radical (unpaired) electrons. The van der Waals surface area contributed by atoms with Crippen LogP contribution in [-0.4, -0.2) is 11.5 Å².